The molecule has 62 valence electrons. The van der Waals surface area contributed by atoms with Gasteiger partial charge in [-0.1, -0.05) is 6.07 Å². The van der Waals surface area contributed by atoms with Crippen molar-refractivity contribution < 1.29 is 4.39 Å². The first-order valence-electron chi connectivity index (χ1n) is 4.08. The van der Waals surface area contributed by atoms with Gasteiger partial charge in [-0.3, -0.25) is 4.99 Å². The van der Waals surface area contributed by atoms with Crippen LogP contribution in [-0.4, -0.2) is 5.71 Å². The van der Waals surface area contributed by atoms with Gasteiger partial charge in [0.2, 0.25) is 0 Å². The van der Waals surface area contributed by atoms with Crippen LogP contribution in [-0.2, 0) is 0 Å². The van der Waals surface area contributed by atoms with Crippen molar-refractivity contribution >= 4 is 11.4 Å². The second-order valence-corrected chi connectivity index (χ2v) is 3.11. The summed E-state index contributed by atoms with van der Waals surface area (Å²) >= 11 is 0. The Kier molecular flexibility index (Phi) is 1.68. The van der Waals surface area contributed by atoms with Gasteiger partial charge in [0.25, 0.3) is 0 Å². The molecule has 0 heterocycles. The highest BCUT2D eigenvalue weighted by Gasteiger charge is 2.13. The zero-order valence-electron chi connectivity index (χ0n) is 6.97. The summed E-state index contributed by atoms with van der Waals surface area (Å²) in [6.07, 6.45) is 2.16. The lowest BCUT2D eigenvalue weighted by molar-refractivity contribution is 0.628. The molecule has 0 radical (unpaired) electrons. The third kappa shape index (κ3) is 1.52. The molecule has 2 heteroatoms. The number of nitrogens with zero attached hydrogens (tertiary/aromatic N) is 1. The summed E-state index contributed by atoms with van der Waals surface area (Å²) in [5, 5.41) is 0. The molecule has 12 heavy (non-hydrogen) atoms. The van der Waals surface area contributed by atoms with Crippen molar-refractivity contribution in [1.82, 2.24) is 0 Å². The van der Waals surface area contributed by atoms with Gasteiger partial charge in [-0.05, 0) is 37.5 Å². The Balaban J connectivity index is 2.40. The van der Waals surface area contributed by atoms with Gasteiger partial charge >= 0.3 is 0 Å². The molecule has 0 unspecified atom stereocenters. The van der Waals surface area contributed by atoms with Crippen LogP contribution in [0, 0.1) is 12.7 Å². The maximum absolute atomic E-state index is 12.7. The summed E-state index contributed by atoms with van der Waals surface area (Å²) in [6, 6.07) is 4.71. The molecule has 1 nitrogen and oxygen atoms in total. The molecule has 0 bridgehead atoms. The van der Waals surface area contributed by atoms with Gasteiger partial charge in [-0.15, -0.1) is 0 Å². The standard InChI is InChI=1S/C10H10FN/c1-7-2-3-8(11)6-10(7)12-9-4-5-9/h2-3,6H,4-5H2,1H3. The van der Waals surface area contributed by atoms with E-state index in [1.807, 2.05) is 6.92 Å². The highest BCUT2D eigenvalue weighted by molar-refractivity contribution is 5.99. The number of halogens is 1. The van der Waals surface area contributed by atoms with E-state index in [2.05, 4.69) is 4.99 Å². The monoisotopic (exact) mass is 163 g/mol. The van der Waals surface area contributed by atoms with Crippen molar-refractivity contribution in [3.05, 3.63) is 29.6 Å². The van der Waals surface area contributed by atoms with E-state index in [-0.39, 0.29) is 5.82 Å². The van der Waals surface area contributed by atoms with Crippen LogP contribution in [0.5, 0.6) is 0 Å². The topological polar surface area (TPSA) is 12.4 Å². The highest BCUT2D eigenvalue weighted by atomic mass is 19.1. The predicted molar refractivity (Wildman–Crippen MR) is 47.5 cm³/mol. The van der Waals surface area contributed by atoms with Crippen LogP contribution in [0.25, 0.3) is 0 Å². The van der Waals surface area contributed by atoms with E-state index in [0.717, 1.165) is 24.1 Å². The average molecular weight is 163 g/mol. The Labute approximate surface area is 70.9 Å². The Morgan fingerprint density at radius 3 is 2.75 bits per heavy atom. The summed E-state index contributed by atoms with van der Waals surface area (Å²) in [6.45, 7) is 1.95. The molecule has 0 N–H and O–H groups in total. The van der Waals surface area contributed by atoms with Crippen LogP contribution >= 0.6 is 0 Å². The molecule has 1 saturated carbocycles. The van der Waals surface area contributed by atoms with E-state index in [1.165, 1.54) is 17.8 Å². The Bertz CT molecular complexity index is 336. The molecular formula is C10H10FN. The molecule has 0 aliphatic heterocycles. The van der Waals surface area contributed by atoms with Crippen molar-refractivity contribution in [2.45, 2.75) is 19.8 Å². The van der Waals surface area contributed by atoms with Gasteiger partial charge in [0.1, 0.15) is 5.82 Å². The van der Waals surface area contributed by atoms with Crippen LogP contribution in [0.15, 0.2) is 23.2 Å². The van der Waals surface area contributed by atoms with Crippen molar-refractivity contribution in [1.29, 1.82) is 0 Å². The minimum absolute atomic E-state index is 0.208. The number of benzene rings is 1. The molecule has 0 amide bonds. The highest BCUT2D eigenvalue weighted by Crippen LogP contribution is 2.25. The van der Waals surface area contributed by atoms with Crippen LogP contribution in [0.1, 0.15) is 18.4 Å². The van der Waals surface area contributed by atoms with Crippen molar-refractivity contribution in [3.8, 4) is 0 Å². The molecule has 1 aromatic carbocycles. The largest absolute Gasteiger partial charge is 0.257 e. The third-order valence-corrected chi connectivity index (χ3v) is 1.92. The molecule has 0 aromatic heterocycles. The van der Waals surface area contributed by atoms with Gasteiger partial charge in [0.05, 0.1) is 5.69 Å². The number of hydrogen-bond acceptors (Lipinski definition) is 1. The Hall–Kier alpha value is -1.18. The molecule has 1 aliphatic carbocycles. The van der Waals surface area contributed by atoms with E-state index in [0.29, 0.717) is 0 Å². The third-order valence-electron chi connectivity index (χ3n) is 1.92. The minimum atomic E-state index is -0.208. The summed E-state index contributed by atoms with van der Waals surface area (Å²) in [4.78, 5) is 4.31. The molecule has 1 aliphatic rings. The Morgan fingerprint density at radius 2 is 2.08 bits per heavy atom. The molecule has 0 spiro atoms. The first-order chi connectivity index (χ1) is 5.75. The first kappa shape index (κ1) is 7.47. The first-order valence-corrected chi connectivity index (χ1v) is 4.08. The second kappa shape index (κ2) is 2.70. The predicted octanol–water partition coefficient (Wildman–Crippen LogP) is 3.00. The molecule has 1 fully saturated rings. The van der Waals surface area contributed by atoms with Crippen LogP contribution in [0.2, 0.25) is 0 Å². The van der Waals surface area contributed by atoms with E-state index in [9.17, 15) is 4.39 Å². The van der Waals surface area contributed by atoms with Gasteiger partial charge in [-0.25, -0.2) is 4.39 Å². The summed E-state index contributed by atoms with van der Waals surface area (Å²) in [7, 11) is 0. The average Bonchev–Trinajstić information content (AvgIpc) is 2.81. The molecule has 0 saturated heterocycles. The Morgan fingerprint density at radius 1 is 1.33 bits per heavy atom. The summed E-state index contributed by atoms with van der Waals surface area (Å²) in [5.74, 6) is -0.208. The van der Waals surface area contributed by atoms with E-state index >= 15 is 0 Å². The molecule has 0 atom stereocenters. The number of rotatable bonds is 1. The van der Waals surface area contributed by atoms with Gasteiger partial charge in [-0.2, -0.15) is 0 Å². The van der Waals surface area contributed by atoms with Gasteiger partial charge < -0.3 is 0 Å². The molecule has 2 rings (SSSR count). The molecular weight excluding hydrogens is 153 g/mol. The normalized spacial score (nSPS) is 14.7. The molecule has 1 aromatic rings. The quantitative estimate of drug-likeness (QED) is 0.603. The summed E-state index contributed by atoms with van der Waals surface area (Å²) < 4.78 is 12.7. The van der Waals surface area contributed by atoms with E-state index in [1.54, 1.807) is 6.07 Å². The fourth-order valence-corrected chi connectivity index (χ4v) is 1.04. The maximum atomic E-state index is 12.7. The second-order valence-electron chi connectivity index (χ2n) is 3.11. The van der Waals surface area contributed by atoms with Crippen molar-refractivity contribution in [3.63, 3.8) is 0 Å². The van der Waals surface area contributed by atoms with Crippen LogP contribution in [0.4, 0.5) is 10.1 Å². The van der Waals surface area contributed by atoms with E-state index < -0.39 is 0 Å². The lowest BCUT2D eigenvalue weighted by Gasteiger charge is -1.98. The number of aliphatic imine (C=N–C) groups is 1. The van der Waals surface area contributed by atoms with Crippen LogP contribution < -0.4 is 0 Å². The van der Waals surface area contributed by atoms with E-state index in [4.69, 9.17) is 0 Å². The summed E-state index contributed by atoms with van der Waals surface area (Å²) in [5.41, 5.74) is 3.00. The SMILES string of the molecule is Cc1ccc(F)cc1N=C1CC1. The number of aryl methyl sites for hydroxylation is 1. The zero-order chi connectivity index (χ0) is 8.55. The lowest BCUT2D eigenvalue weighted by atomic mass is 10.2. The lowest BCUT2D eigenvalue weighted by Crippen LogP contribution is -1.78. The van der Waals surface area contributed by atoms with Gasteiger partial charge in [0, 0.05) is 5.71 Å². The fourth-order valence-electron chi connectivity index (χ4n) is 1.04. The zero-order valence-corrected chi connectivity index (χ0v) is 6.97. The van der Waals surface area contributed by atoms with Gasteiger partial charge in [0.15, 0.2) is 0 Å². The number of hydrogen-bond donors (Lipinski definition) is 0. The smallest absolute Gasteiger partial charge is 0.125 e. The minimum Gasteiger partial charge on any atom is -0.257 e. The fraction of sp³-hybridized carbons (Fsp3) is 0.300. The maximum Gasteiger partial charge on any atom is 0.125 e. The van der Waals surface area contributed by atoms with Crippen LogP contribution in [0.3, 0.4) is 0 Å². The van der Waals surface area contributed by atoms with Crippen molar-refractivity contribution in [2.24, 2.45) is 4.99 Å². The van der Waals surface area contributed by atoms with Crippen molar-refractivity contribution in [2.75, 3.05) is 0 Å².